The second-order valence-corrected chi connectivity index (χ2v) is 7.12. The molecule has 0 aliphatic carbocycles. The number of anilines is 1. The number of imide groups is 2. The van der Waals surface area contributed by atoms with Crippen molar-refractivity contribution in [3.8, 4) is 5.75 Å². The number of carbonyl (C=O) groups excluding carboxylic acids is 3. The van der Waals surface area contributed by atoms with Crippen molar-refractivity contribution in [2.75, 3.05) is 11.5 Å². The maximum absolute atomic E-state index is 13.0. The van der Waals surface area contributed by atoms with Crippen molar-refractivity contribution in [1.29, 1.82) is 0 Å². The lowest BCUT2D eigenvalue weighted by molar-refractivity contribution is -0.122. The summed E-state index contributed by atoms with van der Waals surface area (Å²) in [6.45, 7) is 3.71. The van der Waals surface area contributed by atoms with E-state index in [1.165, 1.54) is 48.6 Å². The van der Waals surface area contributed by atoms with Gasteiger partial charge in [0.2, 0.25) is 0 Å². The molecule has 2 aromatic rings. The standard InChI is InChI=1S/C20H13Cl3N2O4/c1-2-7-29-17-11(8-13(22)10-16(17)23)9-15-18(26)24-20(28)25(19(15)27)14-5-3-12(21)4-6-14/h2-6,8-10H,1,7H2,(H,24,26,28)/b15-9+. The number of hydrogen-bond acceptors (Lipinski definition) is 4. The average molecular weight is 452 g/mol. The average Bonchev–Trinajstić information content (AvgIpc) is 2.65. The van der Waals surface area contributed by atoms with Gasteiger partial charge < -0.3 is 4.74 Å². The van der Waals surface area contributed by atoms with E-state index in [1.54, 1.807) is 0 Å². The maximum Gasteiger partial charge on any atom is 0.335 e. The number of benzene rings is 2. The number of halogens is 3. The molecule has 0 bridgehead atoms. The van der Waals surface area contributed by atoms with Crippen molar-refractivity contribution >= 4 is 64.4 Å². The molecular weight excluding hydrogens is 439 g/mol. The summed E-state index contributed by atoms with van der Waals surface area (Å²) in [5.41, 5.74) is 0.261. The monoisotopic (exact) mass is 450 g/mol. The summed E-state index contributed by atoms with van der Waals surface area (Å²) in [5.74, 6) is -1.44. The highest BCUT2D eigenvalue weighted by Gasteiger charge is 2.37. The third kappa shape index (κ3) is 4.45. The van der Waals surface area contributed by atoms with Crippen molar-refractivity contribution in [2.24, 2.45) is 0 Å². The zero-order valence-corrected chi connectivity index (χ0v) is 17.0. The minimum atomic E-state index is -0.869. The molecule has 1 aliphatic rings. The SMILES string of the molecule is C=CCOc1c(Cl)cc(Cl)cc1/C=C1\C(=O)NC(=O)N(c2ccc(Cl)cc2)C1=O. The van der Waals surface area contributed by atoms with Crippen LogP contribution in [0.5, 0.6) is 5.75 Å². The zero-order valence-electron chi connectivity index (χ0n) is 14.7. The Bertz CT molecular complexity index is 1050. The fraction of sp³-hybridized carbons (Fsp3) is 0.0500. The number of nitrogens with zero attached hydrogens (tertiary/aromatic N) is 1. The topological polar surface area (TPSA) is 75.7 Å². The van der Waals surface area contributed by atoms with Crippen molar-refractivity contribution in [3.63, 3.8) is 0 Å². The van der Waals surface area contributed by atoms with Crippen LogP contribution in [0.15, 0.2) is 54.6 Å². The molecule has 1 fully saturated rings. The highest BCUT2D eigenvalue weighted by atomic mass is 35.5. The zero-order chi connectivity index (χ0) is 21.1. The molecule has 1 saturated heterocycles. The quantitative estimate of drug-likeness (QED) is 0.399. The lowest BCUT2D eigenvalue weighted by atomic mass is 10.1. The maximum atomic E-state index is 13.0. The van der Waals surface area contributed by atoms with E-state index in [9.17, 15) is 14.4 Å². The third-order valence-electron chi connectivity index (χ3n) is 3.87. The summed E-state index contributed by atoms with van der Waals surface area (Å²) in [6, 6.07) is 8.11. The first-order chi connectivity index (χ1) is 13.8. The molecule has 0 saturated carbocycles. The van der Waals surface area contributed by atoms with Crippen molar-refractivity contribution in [3.05, 3.63) is 75.3 Å². The highest BCUT2D eigenvalue weighted by molar-refractivity contribution is 6.40. The first kappa shape index (κ1) is 20.9. The van der Waals surface area contributed by atoms with Gasteiger partial charge in [-0.3, -0.25) is 14.9 Å². The van der Waals surface area contributed by atoms with Crippen LogP contribution in [0.25, 0.3) is 6.08 Å². The van der Waals surface area contributed by atoms with E-state index < -0.39 is 17.8 Å². The summed E-state index contributed by atoms with van der Waals surface area (Å²) in [6.07, 6.45) is 2.78. The molecule has 0 unspecified atom stereocenters. The molecule has 4 amide bonds. The molecule has 0 radical (unpaired) electrons. The lowest BCUT2D eigenvalue weighted by Crippen LogP contribution is -2.54. The van der Waals surface area contributed by atoms with Gasteiger partial charge in [-0.1, -0.05) is 47.5 Å². The van der Waals surface area contributed by atoms with E-state index in [0.717, 1.165) is 4.90 Å². The number of urea groups is 1. The number of nitrogens with one attached hydrogen (secondary N) is 1. The molecule has 0 spiro atoms. The predicted molar refractivity (Wildman–Crippen MR) is 113 cm³/mol. The molecule has 1 heterocycles. The summed E-state index contributed by atoms with van der Waals surface area (Å²) in [5, 5.41) is 3.05. The Hall–Kier alpha value is -2.80. The minimum absolute atomic E-state index is 0.146. The van der Waals surface area contributed by atoms with Crippen LogP contribution in [-0.4, -0.2) is 24.5 Å². The molecule has 3 rings (SSSR count). The van der Waals surface area contributed by atoms with Crippen LogP contribution in [0.2, 0.25) is 15.1 Å². The Labute approximate surface area is 181 Å². The molecule has 1 N–H and O–H groups in total. The second kappa shape index (κ2) is 8.69. The fourth-order valence-electron chi connectivity index (χ4n) is 2.62. The predicted octanol–water partition coefficient (Wildman–Crippen LogP) is 4.88. The van der Waals surface area contributed by atoms with Gasteiger partial charge in [-0.15, -0.1) is 0 Å². The van der Waals surface area contributed by atoms with Crippen LogP contribution in [0.1, 0.15) is 5.56 Å². The van der Waals surface area contributed by atoms with Gasteiger partial charge in [0.15, 0.2) is 0 Å². The summed E-state index contributed by atoms with van der Waals surface area (Å²) < 4.78 is 5.54. The summed E-state index contributed by atoms with van der Waals surface area (Å²) >= 11 is 18.1. The van der Waals surface area contributed by atoms with Crippen molar-refractivity contribution < 1.29 is 19.1 Å². The molecular formula is C20H13Cl3N2O4. The molecule has 29 heavy (non-hydrogen) atoms. The van der Waals surface area contributed by atoms with Crippen LogP contribution in [0.3, 0.4) is 0 Å². The van der Waals surface area contributed by atoms with E-state index in [2.05, 4.69) is 11.9 Å². The molecule has 0 aromatic heterocycles. The molecule has 2 aromatic carbocycles. The normalized spacial score (nSPS) is 15.5. The van der Waals surface area contributed by atoms with E-state index in [4.69, 9.17) is 39.5 Å². The van der Waals surface area contributed by atoms with Crippen molar-refractivity contribution in [2.45, 2.75) is 0 Å². The van der Waals surface area contributed by atoms with Gasteiger partial charge in [-0.05, 0) is 42.5 Å². The van der Waals surface area contributed by atoms with E-state index >= 15 is 0 Å². The summed E-state index contributed by atoms with van der Waals surface area (Å²) in [4.78, 5) is 38.4. The highest BCUT2D eigenvalue weighted by Crippen LogP contribution is 2.34. The Morgan fingerprint density at radius 2 is 1.72 bits per heavy atom. The van der Waals surface area contributed by atoms with E-state index in [-0.39, 0.29) is 33.7 Å². The van der Waals surface area contributed by atoms with Crippen LogP contribution < -0.4 is 15.0 Å². The molecule has 0 atom stereocenters. The molecule has 6 nitrogen and oxygen atoms in total. The van der Waals surface area contributed by atoms with Gasteiger partial charge in [-0.2, -0.15) is 0 Å². The number of amides is 4. The molecule has 9 heteroatoms. The van der Waals surface area contributed by atoms with Gasteiger partial charge in [0.05, 0.1) is 10.7 Å². The van der Waals surface area contributed by atoms with Gasteiger partial charge in [0, 0.05) is 15.6 Å². The minimum Gasteiger partial charge on any atom is -0.487 e. The van der Waals surface area contributed by atoms with Crippen LogP contribution in [-0.2, 0) is 9.59 Å². The molecule has 1 aliphatic heterocycles. The van der Waals surface area contributed by atoms with Gasteiger partial charge in [0.25, 0.3) is 11.8 Å². The van der Waals surface area contributed by atoms with Gasteiger partial charge >= 0.3 is 6.03 Å². The number of ether oxygens (including phenoxy) is 1. The Kier molecular flexibility index (Phi) is 6.27. The largest absolute Gasteiger partial charge is 0.487 e. The molecule has 148 valence electrons. The number of hydrogen-bond donors (Lipinski definition) is 1. The second-order valence-electron chi connectivity index (χ2n) is 5.84. The fourth-order valence-corrected chi connectivity index (χ4v) is 3.31. The first-order valence-electron chi connectivity index (χ1n) is 8.21. The Morgan fingerprint density at radius 3 is 2.38 bits per heavy atom. The lowest BCUT2D eigenvalue weighted by Gasteiger charge is -2.26. The van der Waals surface area contributed by atoms with E-state index in [1.807, 2.05) is 0 Å². The Balaban J connectivity index is 2.07. The first-order valence-corrected chi connectivity index (χ1v) is 9.35. The van der Waals surface area contributed by atoms with Crippen LogP contribution >= 0.6 is 34.8 Å². The number of barbiturate groups is 1. The summed E-state index contributed by atoms with van der Waals surface area (Å²) in [7, 11) is 0. The Morgan fingerprint density at radius 1 is 1.03 bits per heavy atom. The van der Waals surface area contributed by atoms with E-state index in [0.29, 0.717) is 10.6 Å². The number of rotatable bonds is 5. The van der Waals surface area contributed by atoms with Gasteiger partial charge in [0.1, 0.15) is 17.9 Å². The van der Waals surface area contributed by atoms with Crippen LogP contribution in [0, 0.1) is 0 Å². The van der Waals surface area contributed by atoms with Crippen molar-refractivity contribution in [1.82, 2.24) is 5.32 Å². The smallest absolute Gasteiger partial charge is 0.335 e. The van der Waals surface area contributed by atoms with Gasteiger partial charge in [-0.25, -0.2) is 9.69 Å². The third-order valence-corrected chi connectivity index (χ3v) is 4.62. The number of carbonyl (C=O) groups is 3. The van der Waals surface area contributed by atoms with Crippen LogP contribution in [0.4, 0.5) is 10.5 Å².